The molecule has 1 amide bonds. The number of amides is 1. The van der Waals surface area contributed by atoms with E-state index in [2.05, 4.69) is 9.97 Å². The highest BCUT2D eigenvalue weighted by Gasteiger charge is 2.27. The zero-order chi connectivity index (χ0) is 22.2. The number of hydrogen-bond donors (Lipinski definition) is 0. The Labute approximate surface area is 189 Å². The molecule has 5 rings (SSSR count). The average molecular weight is 449 g/mol. The fraction of sp³-hybridized carbons (Fsp3) is 0.333. The molecular weight excluding hydrogens is 424 g/mol. The molecule has 0 radical (unpaired) electrons. The third-order valence-corrected chi connectivity index (χ3v) is 6.83. The first-order valence-corrected chi connectivity index (χ1v) is 11.7. The fourth-order valence-corrected chi connectivity index (χ4v) is 5.03. The van der Waals surface area contributed by atoms with Crippen molar-refractivity contribution in [3.8, 4) is 5.19 Å². The van der Waals surface area contributed by atoms with Gasteiger partial charge in [0.1, 0.15) is 17.3 Å². The van der Waals surface area contributed by atoms with Crippen LogP contribution in [0.1, 0.15) is 35.8 Å². The van der Waals surface area contributed by atoms with Crippen LogP contribution in [0, 0.1) is 6.92 Å². The highest BCUT2D eigenvalue weighted by molar-refractivity contribution is 7.20. The van der Waals surface area contributed by atoms with Gasteiger partial charge in [-0.15, -0.1) is 0 Å². The van der Waals surface area contributed by atoms with Crippen LogP contribution in [0.5, 0.6) is 5.19 Å². The number of carbonyl (C=O) groups is 1. The summed E-state index contributed by atoms with van der Waals surface area (Å²) in [5.41, 5.74) is 2.35. The van der Waals surface area contributed by atoms with E-state index in [1.807, 2.05) is 48.7 Å². The van der Waals surface area contributed by atoms with Gasteiger partial charge < -0.3 is 14.2 Å². The van der Waals surface area contributed by atoms with Crippen LogP contribution in [0.3, 0.4) is 0 Å². The van der Waals surface area contributed by atoms with Gasteiger partial charge in [-0.3, -0.25) is 9.59 Å². The van der Waals surface area contributed by atoms with Crippen molar-refractivity contribution < 1.29 is 9.53 Å². The Bertz CT molecular complexity index is 1340. The van der Waals surface area contributed by atoms with E-state index in [-0.39, 0.29) is 23.0 Å². The Balaban J connectivity index is 1.32. The second-order valence-electron chi connectivity index (χ2n) is 8.04. The van der Waals surface area contributed by atoms with Crippen LogP contribution in [0.2, 0.25) is 0 Å². The van der Waals surface area contributed by atoms with Gasteiger partial charge in [0.25, 0.3) is 11.1 Å². The fourth-order valence-electron chi connectivity index (χ4n) is 4.14. The molecule has 4 aromatic rings. The number of piperidine rings is 1. The average Bonchev–Trinajstić information content (AvgIpc) is 3.22. The maximum absolute atomic E-state index is 13.2. The van der Waals surface area contributed by atoms with Crippen LogP contribution in [-0.4, -0.2) is 44.5 Å². The molecule has 4 heterocycles. The molecule has 8 heteroatoms. The second-order valence-corrected chi connectivity index (χ2v) is 9.03. The molecule has 0 unspecified atom stereocenters. The van der Waals surface area contributed by atoms with Gasteiger partial charge in [0.2, 0.25) is 5.43 Å². The predicted octanol–water partition coefficient (Wildman–Crippen LogP) is 4.02. The van der Waals surface area contributed by atoms with Gasteiger partial charge in [0.05, 0.1) is 15.6 Å². The molecule has 32 heavy (non-hydrogen) atoms. The number of carbonyl (C=O) groups excluding carboxylic acids is 1. The smallest absolute Gasteiger partial charge is 0.274 e. The summed E-state index contributed by atoms with van der Waals surface area (Å²) in [6.45, 7) is 5.59. The van der Waals surface area contributed by atoms with E-state index < -0.39 is 0 Å². The van der Waals surface area contributed by atoms with Crippen molar-refractivity contribution in [2.24, 2.45) is 0 Å². The van der Waals surface area contributed by atoms with Gasteiger partial charge in [0.15, 0.2) is 0 Å². The largest absolute Gasteiger partial charge is 0.467 e. The molecule has 164 valence electrons. The molecule has 1 aliphatic heterocycles. The van der Waals surface area contributed by atoms with E-state index in [0.29, 0.717) is 48.7 Å². The Hall–Kier alpha value is -3.26. The van der Waals surface area contributed by atoms with Crippen molar-refractivity contribution in [1.82, 2.24) is 19.4 Å². The Kier molecular flexibility index (Phi) is 5.38. The van der Waals surface area contributed by atoms with Crippen molar-refractivity contribution in [1.29, 1.82) is 0 Å². The monoisotopic (exact) mass is 448 g/mol. The summed E-state index contributed by atoms with van der Waals surface area (Å²) in [4.78, 5) is 37.1. The van der Waals surface area contributed by atoms with Crippen LogP contribution in [0.15, 0.2) is 47.4 Å². The Morgan fingerprint density at radius 3 is 2.69 bits per heavy atom. The number of rotatable bonds is 4. The summed E-state index contributed by atoms with van der Waals surface area (Å²) < 4.78 is 9.07. The van der Waals surface area contributed by atoms with E-state index in [4.69, 9.17) is 4.74 Å². The maximum Gasteiger partial charge on any atom is 0.274 e. The highest BCUT2D eigenvalue weighted by atomic mass is 32.1. The number of aryl methyl sites for hydroxylation is 2. The standard InChI is InChI=1S/C24H24N4O3S/c1-3-27-14-18(21(29)17-9-8-15(2)25-22(17)27)23(30)28-12-10-16(11-13-28)31-24-26-19-6-4-5-7-20(19)32-24/h4-9,14,16H,3,10-13H2,1-2H3. The van der Waals surface area contributed by atoms with Crippen molar-refractivity contribution in [2.45, 2.75) is 39.3 Å². The summed E-state index contributed by atoms with van der Waals surface area (Å²) in [5, 5.41) is 1.15. The number of benzene rings is 1. The predicted molar refractivity (Wildman–Crippen MR) is 126 cm³/mol. The molecule has 0 N–H and O–H groups in total. The number of nitrogens with zero attached hydrogens (tertiary/aromatic N) is 4. The second kappa shape index (κ2) is 8.35. The lowest BCUT2D eigenvalue weighted by atomic mass is 10.1. The first-order chi connectivity index (χ1) is 15.5. The lowest BCUT2D eigenvalue weighted by Crippen LogP contribution is -2.43. The van der Waals surface area contributed by atoms with Gasteiger partial charge in [-0.2, -0.15) is 0 Å². The minimum absolute atomic E-state index is 0.00990. The number of para-hydroxylation sites is 1. The van der Waals surface area contributed by atoms with E-state index in [1.165, 1.54) is 11.3 Å². The Morgan fingerprint density at radius 2 is 1.94 bits per heavy atom. The topological polar surface area (TPSA) is 77.3 Å². The van der Waals surface area contributed by atoms with Crippen molar-refractivity contribution in [2.75, 3.05) is 13.1 Å². The summed E-state index contributed by atoms with van der Waals surface area (Å²) in [5.74, 6) is -0.224. The molecular formula is C24H24N4O3S. The molecule has 7 nitrogen and oxygen atoms in total. The van der Waals surface area contributed by atoms with E-state index in [0.717, 1.165) is 15.9 Å². The quantitative estimate of drug-likeness (QED) is 0.471. The van der Waals surface area contributed by atoms with Crippen LogP contribution < -0.4 is 10.2 Å². The zero-order valence-corrected chi connectivity index (χ0v) is 18.9. The lowest BCUT2D eigenvalue weighted by Gasteiger charge is -2.31. The molecule has 0 bridgehead atoms. The highest BCUT2D eigenvalue weighted by Crippen LogP contribution is 2.29. The maximum atomic E-state index is 13.2. The number of thiazole rings is 1. The molecule has 1 aliphatic rings. The minimum Gasteiger partial charge on any atom is -0.467 e. The van der Waals surface area contributed by atoms with Gasteiger partial charge in [-0.1, -0.05) is 23.5 Å². The van der Waals surface area contributed by atoms with Gasteiger partial charge in [0, 0.05) is 44.4 Å². The van der Waals surface area contributed by atoms with Gasteiger partial charge >= 0.3 is 0 Å². The number of ether oxygens (including phenoxy) is 1. The van der Waals surface area contributed by atoms with Gasteiger partial charge in [-0.05, 0) is 38.1 Å². The molecule has 0 aliphatic carbocycles. The normalized spacial score (nSPS) is 14.9. The third-order valence-electron chi connectivity index (χ3n) is 5.90. The molecule has 1 saturated heterocycles. The van der Waals surface area contributed by atoms with Crippen molar-refractivity contribution >= 4 is 38.5 Å². The lowest BCUT2D eigenvalue weighted by molar-refractivity contribution is 0.0594. The van der Waals surface area contributed by atoms with E-state index in [1.54, 1.807) is 17.2 Å². The SMILES string of the molecule is CCn1cc(C(=O)N2CCC(Oc3nc4ccccc4s3)CC2)c(=O)c2ccc(C)nc21. The van der Waals surface area contributed by atoms with Crippen LogP contribution in [0.4, 0.5) is 0 Å². The molecule has 1 fully saturated rings. The molecule has 1 aromatic carbocycles. The first kappa shape index (κ1) is 20.6. The first-order valence-electron chi connectivity index (χ1n) is 10.9. The summed E-state index contributed by atoms with van der Waals surface area (Å²) in [7, 11) is 0. The van der Waals surface area contributed by atoms with Gasteiger partial charge in [-0.25, -0.2) is 9.97 Å². The molecule has 0 saturated carbocycles. The van der Waals surface area contributed by atoms with Crippen LogP contribution in [-0.2, 0) is 6.54 Å². The van der Waals surface area contributed by atoms with E-state index >= 15 is 0 Å². The van der Waals surface area contributed by atoms with Crippen LogP contribution >= 0.6 is 11.3 Å². The summed E-state index contributed by atoms with van der Waals surface area (Å²) in [6, 6.07) is 11.5. The van der Waals surface area contributed by atoms with E-state index in [9.17, 15) is 9.59 Å². The number of aromatic nitrogens is 3. The molecule has 0 atom stereocenters. The summed E-state index contributed by atoms with van der Waals surface area (Å²) in [6.07, 6.45) is 3.08. The number of likely N-dealkylation sites (tertiary alicyclic amines) is 1. The molecule has 3 aromatic heterocycles. The summed E-state index contributed by atoms with van der Waals surface area (Å²) >= 11 is 1.54. The van der Waals surface area contributed by atoms with Crippen LogP contribution in [0.25, 0.3) is 21.3 Å². The number of pyridine rings is 2. The number of fused-ring (bicyclic) bond motifs is 2. The van der Waals surface area contributed by atoms with Crippen molar-refractivity contribution in [3.05, 3.63) is 64.1 Å². The minimum atomic E-state index is -0.255. The van der Waals surface area contributed by atoms with Crippen molar-refractivity contribution in [3.63, 3.8) is 0 Å². The Morgan fingerprint density at radius 1 is 1.16 bits per heavy atom. The number of hydrogen-bond acceptors (Lipinski definition) is 6. The molecule has 0 spiro atoms. The third kappa shape index (κ3) is 3.75. The zero-order valence-electron chi connectivity index (χ0n) is 18.1.